The summed E-state index contributed by atoms with van der Waals surface area (Å²) in [5.74, 6) is 0.531. The third-order valence-electron chi connectivity index (χ3n) is 7.07. The molecule has 3 fully saturated rings. The quantitative estimate of drug-likeness (QED) is 0.777. The number of rotatable bonds is 3. The second-order valence-electron chi connectivity index (χ2n) is 8.70. The van der Waals surface area contributed by atoms with Crippen LogP contribution in [0.25, 0.3) is 0 Å². The van der Waals surface area contributed by atoms with Crippen molar-refractivity contribution in [1.29, 1.82) is 0 Å². The summed E-state index contributed by atoms with van der Waals surface area (Å²) in [5.41, 5.74) is 5.05. The van der Waals surface area contributed by atoms with E-state index in [1.54, 1.807) is 0 Å². The number of benzene rings is 2. The molecule has 4 nitrogen and oxygen atoms in total. The van der Waals surface area contributed by atoms with Crippen LogP contribution in [0, 0.1) is 5.92 Å². The molecule has 3 saturated heterocycles. The van der Waals surface area contributed by atoms with E-state index in [0.29, 0.717) is 12.5 Å². The summed E-state index contributed by atoms with van der Waals surface area (Å²) in [4.78, 5) is 17.7. The van der Waals surface area contributed by atoms with Crippen LogP contribution in [-0.2, 0) is 17.6 Å². The Morgan fingerprint density at radius 3 is 2.48 bits per heavy atom. The molecule has 1 amide bonds. The zero-order valence-electron chi connectivity index (χ0n) is 17.2. The Kier molecular flexibility index (Phi) is 5.04. The number of ether oxygens (including phenoxy) is 1. The normalized spacial score (nSPS) is 28.1. The fourth-order valence-electron chi connectivity index (χ4n) is 5.30. The lowest BCUT2D eigenvalue weighted by Crippen LogP contribution is -2.53. The molecule has 4 heterocycles. The molecule has 4 aliphatic rings. The van der Waals surface area contributed by atoms with E-state index in [0.717, 1.165) is 45.3 Å². The van der Waals surface area contributed by atoms with E-state index >= 15 is 0 Å². The van der Waals surface area contributed by atoms with Gasteiger partial charge in [-0.3, -0.25) is 9.80 Å². The Bertz CT molecular complexity index is 871. The number of hydrogen-bond acceptors (Lipinski definition) is 3. The molecule has 0 radical (unpaired) electrons. The van der Waals surface area contributed by atoms with Crippen LogP contribution >= 0.6 is 0 Å². The monoisotopic (exact) mass is 390 g/mol. The smallest absolute Gasteiger partial charge is 0.410 e. The molecule has 6 rings (SSSR count). The average molecular weight is 391 g/mol. The molecule has 2 aromatic carbocycles. The first-order valence-corrected chi connectivity index (χ1v) is 11.1. The van der Waals surface area contributed by atoms with Crippen molar-refractivity contribution in [2.75, 3.05) is 26.2 Å². The molecule has 29 heavy (non-hydrogen) atoms. The maximum atomic E-state index is 13.3. The molecule has 0 saturated carbocycles. The van der Waals surface area contributed by atoms with Crippen LogP contribution in [0.1, 0.15) is 48.1 Å². The van der Waals surface area contributed by atoms with Crippen LogP contribution in [0.5, 0.6) is 0 Å². The van der Waals surface area contributed by atoms with Gasteiger partial charge in [0, 0.05) is 13.1 Å². The second kappa shape index (κ2) is 7.83. The Morgan fingerprint density at radius 1 is 1.03 bits per heavy atom. The molecule has 152 valence electrons. The van der Waals surface area contributed by atoms with Gasteiger partial charge >= 0.3 is 6.09 Å². The second-order valence-corrected chi connectivity index (χ2v) is 8.70. The summed E-state index contributed by atoms with van der Waals surface area (Å²) in [7, 11) is 0. The predicted molar refractivity (Wildman–Crippen MR) is 114 cm³/mol. The van der Waals surface area contributed by atoms with E-state index in [9.17, 15) is 4.79 Å². The molecular formula is C25H30N2O2. The van der Waals surface area contributed by atoms with Gasteiger partial charge in [-0.25, -0.2) is 4.79 Å². The molecular weight excluding hydrogens is 360 g/mol. The summed E-state index contributed by atoms with van der Waals surface area (Å²) in [6.07, 6.45) is 4.11. The number of carbonyl (C=O) groups is 1. The minimum absolute atomic E-state index is 0.0466. The highest BCUT2D eigenvalue weighted by Crippen LogP contribution is 2.37. The molecule has 2 atom stereocenters. The molecule has 4 heteroatoms. The SMILES string of the molecule is CCc1ccc([C@H]2c3ccccc3CCN2C(=O)O[C@@H]2CN3CCC2CC3)cc1. The molecule has 2 aromatic rings. The van der Waals surface area contributed by atoms with Gasteiger partial charge in [-0.2, -0.15) is 0 Å². The molecule has 2 bridgehead atoms. The van der Waals surface area contributed by atoms with E-state index < -0.39 is 0 Å². The van der Waals surface area contributed by atoms with E-state index in [4.69, 9.17) is 4.74 Å². The van der Waals surface area contributed by atoms with Gasteiger partial charge in [0.1, 0.15) is 6.10 Å². The van der Waals surface area contributed by atoms with Crippen molar-refractivity contribution >= 4 is 6.09 Å². The largest absolute Gasteiger partial charge is 0.444 e. The van der Waals surface area contributed by atoms with Crippen molar-refractivity contribution in [2.45, 2.75) is 44.8 Å². The van der Waals surface area contributed by atoms with Crippen molar-refractivity contribution in [3.8, 4) is 0 Å². The summed E-state index contributed by atoms with van der Waals surface area (Å²) < 4.78 is 6.12. The molecule has 0 unspecified atom stereocenters. The van der Waals surface area contributed by atoms with Crippen molar-refractivity contribution in [3.63, 3.8) is 0 Å². The van der Waals surface area contributed by atoms with Gasteiger partial charge < -0.3 is 4.74 Å². The van der Waals surface area contributed by atoms with Crippen LogP contribution in [0.15, 0.2) is 48.5 Å². The van der Waals surface area contributed by atoms with Gasteiger partial charge in [-0.1, -0.05) is 55.5 Å². The number of nitrogens with zero attached hydrogens (tertiary/aromatic N) is 2. The fraction of sp³-hybridized carbons (Fsp3) is 0.480. The van der Waals surface area contributed by atoms with E-state index in [-0.39, 0.29) is 18.2 Å². The van der Waals surface area contributed by atoms with E-state index in [1.807, 2.05) is 4.90 Å². The highest BCUT2D eigenvalue weighted by Gasteiger charge is 2.39. The van der Waals surface area contributed by atoms with Crippen molar-refractivity contribution < 1.29 is 9.53 Å². The Labute approximate surface area is 173 Å². The summed E-state index contributed by atoms with van der Waals surface area (Å²) in [6, 6.07) is 17.2. The minimum Gasteiger partial charge on any atom is -0.444 e. The van der Waals surface area contributed by atoms with Crippen molar-refractivity contribution in [3.05, 3.63) is 70.8 Å². The number of piperidine rings is 3. The zero-order valence-corrected chi connectivity index (χ0v) is 17.2. The van der Waals surface area contributed by atoms with Crippen molar-refractivity contribution in [1.82, 2.24) is 9.80 Å². The maximum absolute atomic E-state index is 13.3. The first-order chi connectivity index (χ1) is 14.2. The number of hydrogen-bond donors (Lipinski definition) is 0. The molecule has 0 spiro atoms. The van der Waals surface area contributed by atoms with Crippen LogP contribution in [0.3, 0.4) is 0 Å². The lowest BCUT2D eigenvalue weighted by molar-refractivity contribution is -0.0462. The molecule has 4 aliphatic heterocycles. The lowest BCUT2D eigenvalue weighted by Gasteiger charge is -2.45. The maximum Gasteiger partial charge on any atom is 0.410 e. The van der Waals surface area contributed by atoms with E-state index in [2.05, 4.69) is 60.4 Å². The standard InChI is InChI=1S/C25H30N2O2/c1-2-18-7-9-21(10-8-18)24-22-6-4-3-5-19(22)13-16-27(24)25(28)29-23-17-26-14-11-20(23)12-15-26/h3-10,20,23-24H,2,11-17H2,1H3/t23-,24+/m1/s1. The Hall–Kier alpha value is -2.33. The number of aryl methyl sites for hydroxylation is 1. The molecule has 0 N–H and O–H groups in total. The highest BCUT2D eigenvalue weighted by molar-refractivity contribution is 5.70. The van der Waals surface area contributed by atoms with E-state index in [1.165, 1.54) is 22.3 Å². The van der Waals surface area contributed by atoms with Gasteiger partial charge in [0.2, 0.25) is 0 Å². The summed E-state index contributed by atoms with van der Waals surface area (Å²) in [6.45, 7) is 6.08. The van der Waals surface area contributed by atoms with Crippen LogP contribution in [0.4, 0.5) is 4.79 Å². The number of fused-ring (bicyclic) bond motifs is 4. The first kappa shape index (κ1) is 18.7. The summed E-state index contributed by atoms with van der Waals surface area (Å²) in [5, 5.41) is 0. The van der Waals surface area contributed by atoms with Gasteiger partial charge in [-0.15, -0.1) is 0 Å². The Morgan fingerprint density at radius 2 is 1.79 bits per heavy atom. The third-order valence-corrected chi connectivity index (χ3v) is 7.07. The van der Waals surface area contributed by atoms with Crippen molar-refractivity contribution in [2.24, 2.45) is 5.92 Å². The number of amides is 1. The average Bonchev–Trinajstić information content (AvgIpc) is 2.79. The third kappa shape index (κ3) is 3.55. The van der Waals surface area contributed by atoms with Crippen LogP contribution < -0.4 is 0 Å². The zero-order chi connectivity index (χ0) is 19.8. The number of carbonyl (C=O) groups excluding carboxylic acids is 1. The molecule has 0 aromatic heterocycles. The van der Waals surface area contributed by atoms with Gasteiger partial charge in [0.15, 0.2) is 0 Å². The van der Waals surface area contributed by atoms with Crippen LogP contribution in [-0.4, -0.2) is 48.2 Å². The molecule has 0 aliphatic carbocycles. The van der Waals surface area contributed by atoms with Crippen LogP contribution in [0.2, 0.25) is 0 Å². The lowest BCUT2D eigenvalue weighted by atomic mass is 9.86. The highest BCUT2D eigenvalue weighted by atomic mass is 16.6. The first-order valence-electron chi connectivity index (χ1n) is 11.1. The van der Waals surface area contributed by atoms with Gasteiger partial charge in [0.25, 0.3) is 0 Å². The fourth-order valence-corrected chi connectivity index (χ4v) is 5.30. The Balaban J connectivity index is 1.43. The van der Waals surface area contributed by atoms with Gasteiger partial charge in [-0.05, 0) is 66.9 Å². The predicted octanol–water partition coefficient (Wildman–Crippen LogP) is 4.43. The minimum atomic E-state index is -0.150. The summed E-state index contributed by atoms with van der Waals surface area (Å²) >= 11 is 0. The topological polar surface area (TPSA) is 32.8 Å². The van der Waals surface area contributed by atoms with Gasteiger partial charge in [0.05, 0.1) is 6.04 Å².